The van der Waals surface area contributed by atoms with Gasteiger partial charge in [-0.15, -0.1) is 0 Å². The van der Waals surface area contributed by atoms with Crippen molar-refractivity contribution in [3.63, 3.8) is 0 Å². The largest absolute Gasteiger partial charge is 0.379 e. The van der Waals surface area contributed by atoms with Crippen LogP contribution in [0, 0.1) is 5.82 Å². The van der Waals surface area contributed by atoms with E-state index in [1.54, 1.807) is 0 Å². The van der Waals surface area contributed by atoms with Crippen LogP contribution in [0.25, 0.3) is 0 Å². The van der Waals surface area contributed by atoms with Gasteiger partial charge in [0.15, 0.2) is 11.6 Å². The molecule has 2 saturated heterocycles. The molecule has 0 aliphatic carbocycles. The fourth-order valence-corrected chi connectivity index (χ4v) is 2.66. The van der Waals surface area contributed by atoms with Crippen molar-refractivity contribution in [2.75, 3.05) is 64.6 Å². The van der Waals surface area contributed by atoms with Crippen LogP contribution >= 0.6 is 0 Å². The first-order chi connectivity index (χ1) is 11.2. The molecule has 0 amide bonds. The van der Waals surface area contributed by atoms with Gasteiger partial charge in [-0.25, -0.2) is 9.18 Å². The summed E-state index contributed by atoms with van der Waals surface area (Å²) in [4.78, 5) is 22.1. The third-order valence-electron chi connectivity index (χ3n) is 4.00. The van der Waals surface area contributed by atoms with Gasteiger partial charge in [-0.2, -0.15) is 4.98 Å². The number of nitrogens with one attached hydrogen (secondary N) is 2. The summed E-state index contributed by atoms with van der Waals surface area (Å²) in [5.41, 5.74) is -0.282. The van der Waals surface area contributed by atoms with Crippen LogP contribution in [0.3, 0.4) is 0 Å². The topological polar surface area (TPSA) is 82.7 Å². The summed E-state index contributed by atoms with van der Waals surface area (Å²) in [6.45, 7) is 6.35. The van der Waals surface area contributed by atoms with Crippen LogP contribution in [0.2, 0.25) is 0 Å². The van der Waals surface area contributed by atoms with Gasteiger partial charge in [0.1, 0.15) is 0 Å². The Morgan fingerprint density at radius 3 is 2.35 bits per heavy atom. The quantitative estimate of drug-likeness (QED) is 0.750. The summed E-state index contributed by atoms with van der Waals surface area (Å²) in [5.74, 6) is -0.493. The van der Waals surface area contributed by atoms with E-state index >= 15 is 0 Å². The lowest BCUT2D eigenvalue weighted by Crippen LogP contribution is -2.40. The van der Waals surface area contributed by atoms with Crippen LogP contribution in [0.4, 0.5) is 10.2 Å². The van der Waals surface area contributed by atoms with Crippen LogP contribution in [-0.4, -0.2) is 79.0 Å². The van der Waals surface area contributed by atoms with E-state index in [-0.39, 0.29) is 11.5 Å². The van der Waals surface area contributed by atoms with Gasteiger partial charge in [0.05, 0.1) is 38.8 Å². The smallest absolute Gasteiger partial charge is 0.347 e. The van der Waals surface area contributed by atoms with Crippen LogP contribution in [0.5, 0.6) is 0 Å². The molecule has 1 aromatic rings. The van der Waals surface area contributed by atoms with E-state index in [2.05, 4.69) is 20.2 Å². The summed E-state index contributed by atoms with van der Waals surface area (Å²) in [7, 11) is 0. The molecule has 0 spiro atoms. The maximum atomic E-state index is 14.6. The van der Waals surface area contributed by atoms with Gasteiger partial charge in [-0.3, -0.25) is 9.80 Å². The monoisotopic (exact) mass is 327 g/mol. The van der Waals surface area contributed by atoms with Crippen molar-refractivity contribution in [3.05, 3.63) is 22.0 Å². The lowest BCUT2D eigenvalue weighted by Gasteiger charge is -2.27. The highest BCUT2D eigenvalue weighted by molar-refractivity contribution is 5.37. The molecule has 3 heterocycles. The molecule has 2 aliphatic heterocycles. The van der Waals surface area contributed by atoms with Gasteiger partial charge in [0.25, 0.3) is 0 Å². The Hall–Kier alpha value is -1.55. The van der Waals surface area contributed by atoms with E-state index < -0.39 is 11.5 Å². The first-order valence-corrected chi connectivity index (χ1v) is 7.85. The van der Waals surface area contributed by atoms with Crippen LogP contribution in [0.1, 0.15) is 5.69 Å². The minimum Gasteiger partial charge on any atom is -0.379 e. The molecule has 2 fully saturated rings. The Labute approximate surface area is 133 Å². The van der Waals surface area contributed by atoms with Crippen molar-refractivity contribution in [2.24, 2.45) is 0 Å². The fraction of sp³-hybridized carbons (Fsp3) is 0.714. The van der Waals surface area contributed by atoms with Crippen molar-refractivity contribution in [1.82, 2.24) is 19.8 Å². The molecule has 2 N–H and O–H groups in total. The van der Waals surface area contributed by atoms with Gasteiger partial charge in [0.2, 0.25) is 0 Å². The van der Waals surface area contributed by atoms with E-state index in [0.29, 0.717) is 39.6 Å². The second-order valence-electron chi connectivity index (χ2n) is 5.64. The van der Waals surface area contributed by atoms with Crippen molar-refractivity contribution in [3.8, 4) is 0 Å². The minimum absolute atomic E-state index is 0.00324. The first kappa shape index (κ1) is 16.3. The molecule has 2 aliphatic rings. The maximum Gasteiger partial charge on any atom is 0.347 e. The summed E-state index contributed by atoms with van der Waals surface area (Å²) < 4.78 is 25.1. The van der Waals surface area contributed by atoms with E-state index in [1.165, 1.54) is 0 Å². The van der Waals surface area contributed by atoms with Crippen LogP contribution in [0.15, 0.2) is 4.79 Å². The van der Waals surface area contributed by atoms with Crippen molar-refractivity contribution in [2.45, 2.75) is 6.54 Å². The zero-order valence-corrected chi connectivity index (χ0v) is 13.0. The van der Waals surface area contributed by atoms with E-state index in [4.69, 9.17) is 9.47 Å². The van der Waals surface area contributed by atoms with Crippen LogP contribution in [-0.2, 0) is 16.0 Å². The Balaban J connectivity index is 1.66. The molecule has 0 radical (unpaired) electrons. The van der Waals surface area contributed by atoms with Gasteiger partial charge >= 0.3 is 5.69 Å². The first-order valence-electron chi connectivity index (χ1n) is 7.85. The standard InChI is InChI=1S/C14H22FN5O3/c15-12-11(9-19-1-5-22-6-2-19)17-14(21)18-13(12)16-10-20-3-7-23-8-4-20/h1-10H2,(H2,16,17,18,21). The zero-order chi connectivity index (χ0) is 16.1. The number of anilines is 1. The maximum absolute atomic E-state index is 14.6. The molecule has 128 valence electrons. The summed E-state index contributed by atoms with van der Waals surface area (Å²) in [6, 6.07) is 0. The molecule has 0 atom stereocenters. The van der Waals surface area contributed by atoms with E-state index in [1.807, 2.05) is 4.90 Å². The number of H-pyrrole nitrogens is 1. The highest BCUT2D eigenvalue weighted by Gasteiger charge is 2.18. The number of morpholine rings is 2. The average Bonchev–Trinajstić information content (AvgIpc) is 2.58. The number of hydrogen-bond acceptors (Lipinski definition) is 7. The number of rotatable bonds is 5. The van der Waals surface area contributed by atoms with Gasteiger partial charge in [-0.05, 0) is 0 Å². The lowest BCUT2D eigenvalue weighted by molar-refractivity contribution is 0.0331. The van der Waals surface area contributed by atoms with Crippen molar-refractivity contribution in [1.29, 1.82) is 0 Å². The Kier molecular flexibility index (Phi) is 5.55. The third-order valence-corrected chi connectivity index (χ3v) is 4.00. The number of aromatic nitrogens is 2. The Bertz CT molecular complexity index is 570. The third kappa shape index (κ3) is 4.47. The van der Waals surface area contributed by atoms with E-state index in [9.17, 15) is 9.18 Å². The van der Waals surface area contributed by atoms with Crippen molar-refractivity contribution >= 4 is 5.82 Å². The fourth-order valence-electron chi connectivity index (χ4n) is 2.66. The van der Waals surface area contributed by atoms with Crippen LogP contribution < -0.4 is 11.0 Å². The summed E-state index contributed by atoms with van der Waals surface area (Å²) >= 11 is 0. The molecule has 0 aromatic carbocycles. The molecule has 1 aromatic heterocycles. The molecule has 0 saturated carbocycles. The number of aromatic amines is 1. The molecule has 0 bridgehead atoms. The second-order valence-corrected chi connectivity index (χ2v) is 5.64. The average molecular weight is 327 g/mol. The van der Waals surface area contributed by atoms with Gasteiger partial charge in [-0.1, -0.05) is 0 Å². The predicted molar refractivity (Wildman–Crippen MR) is 81.8 cm³/mol. The normalized spacial score (nSPS) is 20.6. The second kappa shape index (κ2) is 7.82. The predicted octanol–water partition coefficient (Wildman–Crippen LogP) is -0.557. The molecular formula is C14H22FN5O3. The van der Waals surface area contributed by atoms with Crippen molar-refractivity contribution < 1.29 is 13.9 Å². The number of nitrogens with zero attached hydrogens (tertiary/aromatic N) is 3. The molecule has 3 rings (SSSR count). The summed E-state index contributed by atoms with van der Waals surface area (Å²) in [6.07, 6.45) is 0. The summed E-state index contributed by atoms with van der Waals surface area (Å²) in [5, 5.41) is 2.92. The SMILES string of the molecule is O=c1nc(NCN2CCOCC2)c(F)c(CN2CCOCC2)[nH]1. The Morgan fingerprint density at radius 2 is 1.70 bits per heavy atom. The number of hydrogen-bond donors (Lipinski definition) is 2. The van der Waals surface area contributed by atoms with Gasteiger partial charge < -0.3 is 19.8 Å². The number of ether oxygens (including phenoxy) is 2. The number of halogens is 1. The molecule has 8 nitrogen and oxygen atoms in total. The minimum atomic E-state index is -0.542. The molecule has 23 heavy (non-hydrogen) atoms. The highest BCUT2D eigenvalue weighted by Crippen LogP contribution is 2.14. The zero-order valence-electron chi connectivity index (χ0n) is 13.0. The van der Waals surface area contributed by atoms with Gasteiger partial charge in [0, 0.05) is 32.7 Å². The Morgan fingerprint density at radius 1 is 1.09 bits per heavy atom. The lowest BCUT2D eigenvalue weighted by atomic mass is 10.3. The molecular weight excluding hydrogens is 305 g/mol. The molecule has 0 unspecified atom stereocenters. The molecule has 9 heteroatoms. The highest BCUT2D eigenvalue weighted by atomic mass is 19.1. The van der Waals surface area contributed by atoms with E-state index in [0.717, 1.165) is 26.2 Å².